The number of benzene rings is 1. The van der Waals surface area contributed by atoms with Gasteiger partial charge in [0, 0.05) is 0 Å². The summed E-state index contributed by atoms with van der Waals surface area (Å²) in [5.41, 5.74) is 7.32. The summed E-state index contributed by atoms with van der Waals surface area (Å²) in [5, 5.41) is 4.32. The van der Waals surface area contributed by atoms with Crippen molar-refractivity contribution < 1.29 is 9.26 Å². The average Bonchev–Trinajstić information content (AvgIpc) is 3.36. The van der Waals surface area contributed by atoms with Crippen molar-refractivity contribution in [2.45, 2.75) is 62.3 Å². The molecular formula is C21H27N3O2. The Morgan fingerprint density at radius 1 is 1.31 bits per heavy atom. The second kappa shape index (κ2) is 5.81. The van der Waals surface area contributed by atoms with Crippen molar-refractivity contribution in [1.82, 2.24) is 10.1 Å². The summed E-state index contributed by atoms with van der Waals surface area (Å²) in [7, 11) is 1.72. The first-order chi connectivity index (χ1) is 12.6. The van der Waals surface area contributed by atoms with Gasteiger partial charge in [-0.25, -0.2) is 0 Å². The van der Waals surface area contributed by atoms with Crippen LogP contribution in [0.3, 0.4) is 0 Å². The molecule has 0 amide bonds. The molecule has 5 nitrogen and oxygen atoms in total. The lowest BCUT2D eigenvalue weighted by atomic mass is 9.69. The Hall–Kier alpha value is -1.88. The van der Waals surface area contributed by atoms with Crippen molar-refractivity contribution in [1.29, 1.82) is 0 Å². The van der Waals surface area contributed by atoms with E-state index in [1.165, 1.54) is 24.8 Å². The minimum atomic E-state index is -0.365. The fourth-order valence-corrected chi connectivity index (χ4v) is 5.55. The summed E-state index contributed by atoms with van der Waals surface area (Å²) < 4.78 is 11.3. The zero-order valence-corrected chi connectivity index (χ0v) is 15.4. The summed E-state index contributed by atoms with van der Waals surface area (Å²) in [6.45, 7) is 0. The molecule has 0 radical (unpaired) electrons. The van der Waals surface area contributed by atoms with Crippen LogP contribution in [0.25, 0.3) is 0 Å². The van der Waals surface area contributed by atoms with Gasteiger partial charge in [0.1, 0.15) is 5.75 Å². The SMILES string of the molecule is COc1cccc(CC2(c3nc(C4(N)CCC4)no3)CC3CCC2C3)c1. The Balaban J connectivity index is 1.51. The average molecular weight is 353 g/mol. The van der Waals surface area contributed by atoms with Gasteiger partial charge in [-0.05, 0) is 74.5 Å². The first-order valence-corrected chi connectivity index (χ1v) is 9.88. The van der Waals surface area contributed by atoms with Crippen LogP contribution >= 0.6 is 0 Å². The molecule has 1 heterocycles. The maximum atomic E-state index is 6.44. The van der Waals surface area contributed by atoms with Gasteiger partial charge in [0.25, 0.3) is 0 Å². The smallest absolute Gasteiger partial charge is 0.233 e. The molecule has 2 aromatic rings. The minimum Gasteiger partial charge on any atom is -0.497 e. The van der Waals surface area contributed by atoms with Gasteiger partial charge in [-0.15, -0.1) is 0 Å². The Kier molecular flexibility index (Phi) is 3.64. The number of ether oxygens (including phenoxy) is 1. The summed E-state index contributed by atoms with van der Waals surface area (Å²) in [6.07, 6.45) is 9.04. The first kappa shape index (κ1) is 16.3. The number of methoxy groups -OCH3 is 1. The minimum absolute atomic E-state index is 0.0410. The third kappa shape index (κ3) is 2.40. The molecule has 1 aromatic heterocycles. The zero-order chi connectivity index (χ0) is 17.8. The molecule has 3 fully saturated rings. The van der Waals surface area contributed by atoms with Gasteiger partial charge in [0.15, 0.2) is 5.82 Å². The van der Waals surface area contributed by atoms with Gasteiger partial charge in [-0.1, -0.05) is 23.7 Å². The fourth-order valence-electron chi connectivity index (χ4n) is 5.55. The number of nitrogens with zero attached hydrogens (tertiary/aromatic N) is 2. The van der Waals surface area contributed by atoms with Crippen LogP contribution in [0, 0.1) is 11.8 Å². The Bertz CT molecular complexity index is 813. The van der Waals surface area contributed by atoms with Gasteiger partial charge < -0.3 is 15.0 Å². The standard InChI is InChI=1S/C21H27N3O2/c1-25-17-5-2-4-14(11-17)12-20(13-15-6-7-16(20)10-15)19-23-18(24-26-19)21(22)8-3-9-21/h2,4-5,11,15-16H,3,6-10,12-13,22H2,1H3. The van der Waals surface area contributed by atoms with Crippen molar-refractivity contribution in [2.75, 3.05) is 7.11 Å². The maximum Gasteiger partial charge on any atom is 0.233 e. The van der Waals surface area contributed by atoms with E-state index in [-0.39, 0.29) is 11.0 Å². The monoisotopic (exact) mass is 353 g/mol. The lowest BCUT2D eigenvalue weighted by molar-refractivity contribution is 0.190. The van der Waals surface area contributed by atoms with E-state index in [1.54, 1.807) is 7.11 Å². The van der Waals surface area contributed by atoms with Crippen LogP contribution in [-0.2, 0) is 17.4 Å². The highest BCUT2D eigenvalue weighted by molar-refractivity contribution is 5.32. The van der Waals surface area contributed by atoms with E-state index in [9.17, 15) is 0 Å². The highest BCUT2D eigenvalue weighted by Crippen LogP contribution is 2.58. The van der Waals surface area contributed by atoms with Crippen molar-refractivity contribution in [3.63, 3.8) is 0 Å². The molecule has 138 valence electrons. The van der Waals surface area contributed by atoms with Crippen LogP contribution in [-0.4, -0.2) is 17.3 Å². The maximum absolute atomic E-state index is 6.44. The highest BCUT2D eigenvalue weighted by Gasteiger charge is 2.55. The summed E-state index contributed by atoms with van der Waals surface area (Å²) in [6, 6.07) is 8.39. The molecule has 3 aliphatic rings. The molecule has 26 heavy (non-hydrogen) atoms. The van der Waals surface area contributed by atoms with Gasteiger partial charge in [0.05, 0.1) is 18.1 Å². The lowest BCUT2D eigenvalue weighted by Gasteiger charge is -2.36. The van der Waals surface area contributed by atoms with Crippen molar-refractivity contribution >= 4 is 0 Å². The molecular weight excluding hydrogens is 326 g/mol. The number of fused-ring (bicyclic) bond motifs is 2. The van der Waals surface area contributed by atoms with Crippen molar-refractivity contribution in [2.24, 2.45) is 17.6 Å². The van der Waals surface area contributed by atoms with Crippen LogP contribution in [0.5, 0.6) is 5.75 Å². The quantitative estimate of drug-likeness (QED) is 0.887. The van der Waals surface area contributed by atoms with Crippen LogP contribution in [0.2, 0.25) is 0 Å². The molecule has 5 heteroatoms. The van der Waals surface area contributed by atoms with Gasteiger partial charge in [-0.3, -0.25) is 0 Å². The molecule has 3 aliphatic carbocycles. The number of hydrogen-bond donors (Lipinski definition) is 1. The third-order valence-corrected chi connectivity index (χ3v) is 7.17. The molecule has 3 saturated carbocycles. The second-order valence-electron chi connectivity index (χ2n) is 8.70. The van der Waals surface area contributed by atoms with E-state index in [2.05, 4.69) is 23.4 Å². The molecule has 3 unspecified atom stereocenters. The summed E-state index contributed by atoms with van der Waals surface area (Å²) in [4.78, 5) is 4.88. The van der Waals surface area contributed by atoms with E-state index in [1.807, 2.05) is 6.07 Å². The van der Waals surface area contributed by atoms with E-state index in [0.29, 0.717) is 11.7 Å². The molecule has 2 bridgehead atoms. The Morgan fingerprint density at radius 2 is 2.19 bits per heavy atom. The van der Waals surface area contributed by atoms with E-state index < -0.39 is 0 Å². The molecule has 0 saturated heterocycles. The Labute approximate surface area is 154 Å². The van der Waals surface area contributed by atoms with Gasteiger partial charge >= 0.3 is 0 Å². The summed E-state index contributed by atoms with van der Waals surface area (Å²) in [5.74, 6) is 3.85. The molecule has 3 atom stereocenters. The van der Waals surface area contributed by atoms with Gasteiger partial charge in [-0.2, -0.15) is 4.98 Å². The predicted octanol–water partition coefficient (Wildman–Crippen LogP) is 3.72. The molecule has 2 N–H and O–H groups in total. The van der Waals surface area contributed by atoms with Crippen LogP contribution in [0.15, 0.2) is 28.8 Å². The Morgan fingerprint density at radius 3 is 2.85 bits per heavy atom. The highest BCUT2D eigenvalue weighted by atomic mass is 16.5. The van der Waals surface area contributed by atoms with Crippen molar-refractivity contribution in [3.05, 3.63) is 41.5 Å². The first-order valence-electron chi connectivity index (χ1n) is 9.88. The van der Waals surface area contributed by atoms with Crippen LogP contribution < -0.4 is 10.5 Å². The van der Waals surface area contributed by atoms with Gasteiger partial charge in [0.2, 0.25) is 5.89 Å². The van der Waals surface area contributed by atoms with Crippen molar-refractivity contribution in [3.8, 4) is 5.75 Å². The molecule has 0 spiro atoms. The van der Waals surface area contributed by atoms with Crippen LogP contribution in [0.4, 0.5) is 0 Å². The number of nitrogens with two attached hydrogens (primary N) is 1. The van der Waals surface area contributed by atoms with E-state index >= 15 is 0 Å². The van der Waals surface area contributed by atoms with E-state index in [4.69, 9.17) is 20.0 Å². The lowest BCUT2D eigenvalue weighted by Crippen LogP contribution is -2.44. The second-order valence-corrected chi connectivity index (χ2v) is 8.70. The number of hydrogen-bond acceptors (Lipinski definition) is 5. The topological polar surface area (TPSA) is 74.2 Å². The normalized spacial score (nSPS) is 31.8. The fraction of sp³-hybridized carbons (Fsp3) is 0.619. The number of rotatable bonds is 5. The zero-order valence-electron chi connectivity index (χ0n) is 15.4. The summed E-state index contributed by atoms with van der Waals surface area (Å²) >= 11 is 0. The molecule has 5 rings (SSSR count). The van der Waals surface area contributed by atoms with E-state index in [0.717, 1.165) is 49.7 Å². The number of aromatic nitrogens is 2. The predicted molar refractivity (Wildman–Crippen MR) is 97.8 cm³/mol. The van der Waals surface area contributed by atoms with Crippen LogP contribution in [0.1, 0.15) is 62.2 Å². The molecule has 0 aliphatic heterocycles. The third-order valence-electron chi connectivity index (χ3n) is 7.17. The molecule has 1 aromatic carbocycles. The largest absolute Gasteiger partial charge is 0.497 e.